The lowest BCUT2D eigenvalue weighted by Crippen LogP contribution is -2.37. The molecule has 0 aromatic heterocycles. The lowest BCUT2D eigenvalue weighted by Gasteiger charge is -2.28. The minimum atomic E-state index is -4.66. The highest BCUT2D eigenvalue weighted by Gasteiger charge is 2.22. The number of aliphatic hydroxyl groups excluding tert-OH is 2. The highest BCUT2D eigenvalue weighted by Crippen LogP contribution is 2.38. The Bertz CT molecular complexity index is 869. The number of phosphoric ester groups is 1. The van der Waals surface area contributed by atoms with Crippen LogP contribution in [0.4, 0.5) is 0 Å². The van der Waals surface area contributed by atoms with Crippen molar-refractivity contribution < 1.29 is 52.3 Å². The molecule has 4 atom stereocenters. The van der Waals surface area contributed by atoms with Gasteiger partial charge in [0.25, 0.3) is 7.82 Å². The van der Waals surface area contributed by atoms with Gasteiger partial charge in [0.05, 0.1) is 40.0 Å². The number of carbonyl (C=O) groups is 2. The molecule has 0 rings (SSSR count). The van der Waals surface area contributed by atoms with Crippen molar-refractivity contribution in [2.24, 2.45) is 0 Å². The van der Waals surface area contributed by atoms with Crippen LogP contribution in [0, 0.1) is 0 Å². The van der Waals surface area contributed by atoms with Crippen LogP contribution in [-0.4, -0.2) is 92.5 Å². The van der Waals surface area contributed by atoms with Gasteiger partial charge in [-0.15, -0.1) is 0 Å². The van der Waals surface area contributed by atoms with E-state index in [1.807, 2.05) is 33.3 Å². The molecule has 0 aromatic rings. The first-order chi connectivity index (χ1) is 19.8. The smallest absolute Gasteiger partial charge is 0.306 e. The standard InChI is InChI=1S/C30H54NO10P/c1-6-7-8-9-10-11-12-13-14-15-16-17-19-28(33)29(34)20-18-21-30(35)41-27(24-38-26(2)32)25-40-42(36,37)39-23-22-31(3,4)5/h10-11,13-14,16-17,27-29,33-34H,6-9,12,15,18-25H2,1-5H3/b11-10-,14-13-,17-16-/t27-,28?,29?/m1/s1. The second-order valence-electron chi connectivity index (χ2n) is 11.1. The van der Waals surface area contributed by atoms with Gasteiger partial charge in [-0.2, -0.15) is 0 Å². The average Bonchev–Trinajstić information content (AvgIpc) is 2.89. The molecule has 0 heterocycles. The quantitative estimate of drug-likeness (QED) is 0.0505. The molecule has 3 unspecified atom stereocenters. The number of rotatable bonds is 25. The normalized spacial score (nSPS) is 16.1. The fraction of sp³-hybridized carbons (Fsp3) is 0.733. The minimum absolute atomic E-state index is 0.0865. The van der Waals surface area contributed by atoms with E-state index in [4.69, 9.17) is 18.5 Å². The van der Waals surface area contributed by atoms with E-state index in [1.54, 1.807) is 0 Å². The van der Waals surface area contributed by atoms with Gasteiger partial charge in [0.15, 0.2) is 6.10 Å². The maximum absolute atomic E-state index is 12.3. The van der Waals surface area contributed by atoms with Crippen LogP contribution in [0.15, 0.2) is 36.5 Å². The molecule has 0 fully saturated rings. The molecule has 0 aliphatic carbocycles. The molecule has 42 heavy (non-hydrogen) atoms. The molecule has 0 saturated heterocycles. The summed E-state index contributed by atoms with van der Waals surface area (Å²) in [4.78, 5) is 35.5. The monoisotopic (exact) mass is 619 g/mol. The highest BCUT2D eigenvalue weighted by atomic mass is 31.2. The fourth-order valence-corrected chi connectivity index (χ4v) is 4.15. The molecule has 0 spiro atoms. The van der Waals surface area contributed by atoms with Crippen molar-refractivity contribution in [3.63, 3.8) is 0 Å². The second kappa shape index (κ2) is 23.6. The summed E-state index contributed by atoms with van der Waals surface area (Å²) in [5.41, 5.74) is 0. The number of ether oxygens (including phenoxy) is 2. The van der Waals surface area contributed by atoms with E-state index < -0.39 is 51.3 Å². The maximum Gasteiger partial charge on any atom is 0.306 e. The Morgan fingerprint density at radius 2 is 1.55 bits per heavy atom. The summed E-state index contributed by atoms with van der Waals surface area (Å²) >= 11 is 0. The maximum atomic E-state index is 12.3. The van der Waals surface area contributed by atoms with E-state index in [1.165, 1.54) is 26.2 Å². The Kier molecular flexibility index (Phi) is 22.5. The molecule has 12 heteroatoms. The van der Waals surface area contributed by atoms with Gasteiger partial charge in [-0.25, -0.2) is 0 Å². The van der Waals surface area contributed by atoms with Crippen LogP contribution in [0.1, 0.15) is 78.1 Å². The largest absolute Gasteiger partial charge is 0.756 e. The summed E-state index contributed by atoms with van der Waals surface area (Å²) in [5.74, 6) is -1.32. The third-order valence-corrected chi connectivity index (χ3v) is 6.89. The van der Waals surface area contributed by atoms with Crippen LogP contribution >= 0.6 is 7.82 Å². The molecule has 0 radical (unpaired) electrons. The summed E-state index contributed by atoms with van der Waals surface area (Å²) in [6, 6.07) is 0. The number of unbranched alkanes of at least 4 members (excludes halogenated alkanes) is 3. The molecule has 11 nitrogen and oxygen atoms in total. The topological polar surface area (TPSA) is 152 Å². The van der Waals surface area contributed by atoms with Crippen molar-refractivity contribution >= 4 is 19.8 Å². The van der Waals surface area contributed by atoms with E-state index >= 15 is 0 Å². The van der Waals surface area contributed by atoms with Crippen molar-refractivity contribution in [2.75, 3.05) is 47.5 Å². The first kappa shape index (κ1) is 40.1. The van der Waals surface area contributed by atoms with Crippen LogP contribution in [0.3, 0.4) is 0 Å². The molecule has 0 saturated carbocycles. The number of esters is 2. The molecule has 244 valence electrons. The predicted octanol–water partition coefficient (Wildman–Crippen LogP) is 3.98. The van der Waals surface area contributed by atoms with Gasteiger partial charge in [0.1, 0.15) is 19.8 Å². The zero-order valence-electron chi connectivity index (χ0n) is 26.2. The summed E-state index contributed by atoms with van der Waals surface area (Å²) in [6.07, 6.45) is 16.1. The first-order valence-electron chi connectivity index (χ1n) is 14.8. The number of nitrogens with zero attached hydrogens (tertiary/aromatic N) is 1. The SMILES string of the molecule is CCCCC/C=C\C/C=C\C/C=C\CC(O)C(O)CCCC(=O)O[C@H](COC(C)=O)COP(=O)([O-])OCC[N+](C)(C)C. The number of quaternary nitrogens is 1. The first-order valence-corrected chi connectivity index (χ1v) is 16.3. The van der Waals surface area contributed by atoms with Gasteiger partial charge >= 0.3 is 11.9 Å². The van der Waals surface area contributed by atoms with Crippen LogP contribution in [0.2, 0.25) is 0 Å². The highest BCUT2D eigenvalue weighted by molar-refractivity contribution is 7.45. The third kappa shape index (κ3) is 25.8. The Morgan fingerprint density at radius 1 is 0.905 bits per heavy atom. The van der Waals surface area contributed by atoms with Gasteiger partial charge in [0, 0.05) is 13.3 Å². The zero-order chi connectivity index (χ0) is 31.9. The summed E-state index contributed by atoms with van der Waals surface area (Å²) in [5, 5.41) is 20.4. The van der Waals surface area contributed by atoms with Gasteiger partial charge in [0.2, 0.25) is 0 Å². The summed E-state index contributed by atoms with van der Waals surface area (Å²) in [6.45, 7) is 2.72. The van der Waals surface area contributed by atoms with Crippen molar-refractivity contribution in [3.8, 4) is 0 Å². The van der Waals surface area contributed by atoms with Gasteiger partial charge in [-0.05, 0) is 44.9 Å². The lowest BCUT2D eigenvalue weighted by molar-refractivity contribution is -0.870. The van der Waals surface area contributed by atoms with E-state index in [2.05, 4.69) is 31.2 Å². The number of aliphatic hydroxyl groups is 2. The third-order valence-electron chi connectivity index (χ3n) is 5.92. The van der Waals surface area contributed by atoms with E-state index in [9.17, 15) is 29.3 Å². The summed E-state index contributed by atoms with van der Waals surface area (Å²) in [7, 11) is 0.970. The number of hydrogen-bond donors (Lipinski definition) is 2. The number of likely N-dealkylation sites (N-methyl/N-ethyl adjacent to an activating group) is 1. The minimum Gasteiger partial charge on any atom is -0.756 e. The molecule has 2 N–H and O–H groups in total. The number of allylic oxidation sites excluding steroid dienone is 5. The molecular weight excluding hydrogens is 565 g/mol. The van der Waals surface area contributed by atoms with Gasteiger partial charge in [-0.3, -0.25) is 14.2 Å². The van der Waals surface area contributed by atoms with Crippen molar-refractivity contribution in [1.29, 1.82) is 0 Å². The molecule has 0 aliphatic heterocycles. The van der Waals surface area contributed by atoms with Crippen LogP contribution in [0.5, 0.6) is 0 Å². The molecular formula is C30H54NO10P. The van der Waals surface area contributed by atoms with Crippen LogP contribution in [0.25, 0.3) is 0 Å². The Hall–Kier alpha value is -1.85. The van der Waals surface area contributed by atoms with Crippen molar-refractivity contribution in [1.82, 2.24) is 0 Å². The Balaban J connectivity index is 4.39. The second-order valence-corrected chi connectivity index (χ2v) is 12.6. The van der Waals surface area contributed by atoms with Gasteiger partial charge in [-0.1, -0.05) is 56.2 Å². The number of hydrogen-bond acceptors (Lipinski definition) is 10. The fourth-order valence-electron chi connectivity index (χ4n) is 3.42. The zero-order valence-corrected chi connectivity index (χ0v) is 27.0. The van der Waals surface area contributed by atoms with Crippen molar-refractivity contribution in [3.05, 3.63) is 36.5 Å². The van der Waals surface area contributed by atoms with Crippen molar-refractivity contribution in [2.45, 2.75) is 96.4 Å². The average molecular weight is 620 g/mol. The van der Waals surface area contributed by atoms with E-state index in [-0.39, 0.29) is 32.3 Å². The molecule has 0 bridgehead atoms. The number of carbonyl (C=O) groups excluding carboxylic acids is 2. The predicted molar refractivity (Wildman–Crippen MR) is 160 cm³/mol. The molecule has 0 amide bonds. The number of phosphoric acid groups is 1. The Labute approximate surface area is 252 Å². The van der Waals surface area contributed by atoms with Crippen LogP contribution in [-0.2, 0) is 32.7 Å². The van der Waals surface area contributed by atoms with Gasteiger partial charge < -0.3 is 38.1 Å². The molecule has 0 aromatic carbocycles. The van der Waals surface area contributed by atoms with E-state index in [0.29, 0.717) is 11.0 Å². The molecule has 0 aliphatic rings. The lowest BCUT2D eigenvalue weighted by atomic mass is 10.0. The Morgan fingerprint density at radius 3 is 2.17 bits per heavy atom. The van der Waals surface area contributed by atoms with Crippen LogP contribution < -0.4 is 4.89 Å². The van der Waals surface area contributed by atoms with E-state index in [0.717, 1.165) is 19.3 Å². The summed E-state index contributed by atoms with van der Waals surface area (Å²) < 4.78 is 32.2.